The number of anilines is 1. The van der Waals surface area contributed by atoms with Crippen molar-refractivity contribution >= 4 is 16.6 Å². The number of nitrogens with zero attached hydrogens (tertiary/aromatic N) is 5. The first-order valence-electron chi connectivity index (χ1n) is 9.70. The highest BCUT2D eigenvalue weighted by Crippen LogP contribution is 2.29. The molecule has 0 N–H and O–H groups in total. The van der Waals surface area contributed by atoms with Gasteiger partial charge in [0.25, 0.3) is 0 Å². The van der Waals surface area contributed by atoms with E-state index in [1.165, 1.54) is 5.69 Å². The predicted molar refractivity (Wildman–Crippen MR) is 103 cm³/mol. The molecule has 2 aliphatic rings. The van der Waals surface area contributed by atoms with Crippen molar-refractivity contribution in [2.24, 2.45) is 0 Å². The molecule has 1 atom stereocenters. The minimum absolute atomic E-state index is 0.0699. The average molecular weight is 381 g/mol. The van der Waals surface area contributed by atoms with E-state index in [1.807, 2.05) is 6.07 Å². The minimum atomic E-state index is 0.0699. The number of oxazole rings is 1. The molecule has 3 aromatic rings. The highest BCUT2D eigenvalue weighted by molar-refractivity contribution is 5.86. The van der Waals surface area contributed by atoms with Crippen molar-refractivity contribution in [3.63, 3.8) is 0 Å². The molecular weight excluding hydrogens is 358 g/mol. The Morgan fingerprint density at radius 3 is 2.82 bits per heavy atom. The Labute approximate surface area is 163 Å². The van der Waals surface area contributed by atoms with Gasteiger partial charge in [-0.2, -0.15) is 0 Å². The van der Waals surface area contributed by atoms with E-state index in [0.717, 1.165) is 62.5 Å². The molecule has 5 rings (SSSR count). The van der Waals surface area contributed by atoms with Crippen LogP contribution in [0.25, 0.3) is 10.9 Å². The number of aromatic nitrogens is 3. The third-order valence-electron chi connectivity index (χ3n) is 5.33. The predicted octanol–water partition coefficient (Wildman–Crippen LogP) is 2.11. The Morgan fingerprint density at radius 1 is 1.11 bits per heavy atom. The van der Waals surface area contributed by atoms with E-state index in [9.17, 15) is 0 Å². The summed E-state index contributed by atoms with van der Waals surface area (Å²) < 4.78 is 16.9. The van der Waals surface area contributed by atoms with Crippen molar-refractivity contribution in [3.05, 3.63) is 42.9 Å². The van der Waals surface area contributed by atoms with Gasteiger partial charge in [-0.05, 0) is 18.2 Å². The second-order valence-corrected chi connectivity index (χ2v) is 7.17. The summed E-state index contributed by atoms with van der Waals surface area (Å²) in [6.07, 6.45) is 5.85. The first-order chi connectivity index (χ1) is 13.8. The third kappa shape index (κ3) is 3.65. The molecule has 2 aliphatic heterocycles. The van der Waals surface area contributed by atoms with E-state index in [1.54, 1.807) is 18.8 Å². The molecule has 8 nitrogen and oxygen atoms in total. The van der Waals surface area contributed by atoms with Gasteiger partial charge in [-0.1, -0.05) is 0 Å². The minimum Gasteiger partial charge on any atom is -0.471 e. The number of fused-ring (bicyclic) bond motifs is 1. The normalized spacial score (nSPS) is 20.7. The maximum atomic E-state index is 6.09. The second-order valence-electron chi connectivity index (χ2n) is 7.17. The monoisotopic (exact) mass is 381 g/mol. The van der Waals surface area contributed by atoms with Crippen LogP contribution in [0, 0.1) is 0 Å². The highest BCUT2D eigenvalue weighted by atomic mass is 16.5. The SMILES string of the molecule is c1coc(CN2CCN(c3ccc4ncnc(OC5CCOC5)c4c3)CC2)n1. The van der Waals surface area contributed by atoms with Crippen LogP contribution in [0.4, 0.5) is 5.69 Å². The summed E-state index contributed by atoms with van der Waals surface area (Å²) in [6, 6.07) is 6.31. The lowest BCUT2D eigenvalue weighted by atomic mass is 10.2. The summed E-state index contributed by atoms with van der Waals surface area (Å²) in [6.45, 7) is 5.96. The molecule has 1 aromatic carbocycles. The van der Waals surface area contributed by atoms with Gasteiger partial charge < -0.3 is 18.8 Å². The van der Waals surface area contributed by atoms with Gasteiger partial charge in [0.15, 0.2) is 0 Å². The third-order valence-corrected chi connectivity index (χ3v) is 5.33. The van der Waals surface area contributed by atoms with Gasteiger partial charge in [-0.3, -0.25) is 4.90 Å². The molecule has 4 heterocycles. The number of ether oxygens (including phenoxy) is 2. The topological polar surface area (TPSA) is 76.8 Å². The quantitative estimate of drug-likeness (QED) is 0.665. The Hall–Kier alpha value is -2.71. The van der Waals surface area contributed by atoms with E-state index in [4.69, 9.17) is 13.9 Å². The van der Waals surface area contributed by atoms with Gasteiger partial charge in [0.1, 0.15) is 18.7 Å². The molecule has 0 radical (unpaired) electrons. The molecular formula is C20H23N5O3. The first kappa shape index (κ1) is 17.4. The van der Waals surface area contributed by atoms with E-state index in [0.29, 0.717) is 12.5 Å². The summed E-state index contributed by atoms with van der Waals surface area (Å²) >= 11 is 0. The van der Waals surface area contributed by atoms with Crippen molar-refractivity contribution < 1.29 is 13.9 Å². The zero-order valence-corrected chi connectivity index (χ0v) is 15.7. The summed E-state index contributed by atoms with van der Waals surface area (Å²) in [5.74, 6) is 1.42. The van der Waals surface area contributed by atoms with Crippen LogP contribution in [0.3, 0.4) is 0 Å². The van der Waals surface area contributed by atoms with Gasteiger partial charge in [0.05, 0.1) is 36.9 Å². The Morgan fingerprint density at radius 2 is 2.04 bits per heavy atom. The average Bonchev–Trinajstić information content (AvgIpc) is 3.43. The fourth-order valence-corrected chi connectivity index (χ4v) is 3.76. The van der Waals surface area contributed by atoms with Gasteiger partial charge in [-0.15, -0.1) is 0 Å². The molecule has 0 aliphatic carbocycles. The van der Waals surface area contributed by atoms with Gasteiger partial charge in [0, 0.05) is 38.3 Å². The van der Waals surface area contributed by atoms with Crippen molar-refractivity contribution in [1.82, 2.24) is 19.9 Å². The van der Waals surface area contributed by atoms with Crippen LogP contribution in [0.2, 0.25) is 0 Å². The fraction of sp³-hybridized carbons (Fsp3) is 0.450. The Kier molecular flexibility index (Phi) is 4.80. The van der Waals surface area contributed by atoms with E-state index < -0.39 is 0 Å². The fourth-order valence-electron chi connectivity index (χ4n) is 3.76. The summed E-state index contributed by atoms with van der Waals surface area (Å²) in [4.78, 5) is 17.7. The number of benzene rings is 1. The lowest BCUT2D eigenvalue weighted by Crippen LogP contribution is -2.46. The number of piperazine rings is 1. The largest absolute Gasteiger partial charge is 0.471 e. The van der Waals surface area contributed by atoms with E-state index >= 15 is 0 Å². The zero-order valence-electron chi connectivity index (χ0n) is 15.7. The molecule has 0 saturated carbocycles. The maximum absolute atomic E-state index is 6.09. The molecule has 1 unspecified atom stereocenters. The van der Waals surface area contributed by atoms with Gasteiger partial charge in [-0.25, -0.2) is 15.0 Å². The summed E-state index contributed by atoms with van der Waals surface area (Å²) in [5.41, 5.74) is 2.07. The zero-order chi connectivity index (χ0) is 18.8. The van der Waals surface area contributed by atoms with Crippen molar-refractivity contribution in [1.29, 1.82) is 0 Å². The molecule has 2 fully saturated rings. The van der Waals surface area contributed by atoms with Crippen LogP contribution in [0.5, 0.6) is 5.88 Å². The van der Waals surface area contributed by atoms with Crippen LogP contribution in [-0.2, 0) is 11.3 Å². The number of hydrogen-bond donors (Lipinski definition) is 0. The Balaban J connectivity index is 1.30. The molecule has 0 bridgehead atoms. The molecule has 2 aromatic heterocycles. The summed E-state index contributed by atoms with van der Waals surface area (Å²) in [5, 5.41) is 0.953. The molecule has 146 valence electrons. The smallest absolute Gasteiger partial charge is 0.224 e. The van der Waals surface area contributed by atoms with Crippen LogP contribution in [0.15, 0.2) is 41.4 Å². The maximum Gasteiger partial charge on any atom is 0.224 e. The highest BCUT2D eigenvalue weighted by Gasteiger charge is 2.21. The molecule has 28 heavy (non-hydrogen) atoms. The number of rotatable bonds is 5. The molecule has 2 saturated heterocycles. The van der Waals surface area contributed by atoms with Crippen molar-refractivity contribution in [3.8, 4) is 5.88 Å². The van der Waals surface area contributed by atoms with Gasteiger partial charge in [0.2, 0.25) is 11.8 Å². The lowest BCUT2D eigenvalue weighted by molar-refractivity contribution is 0.139. The van der Waals surface area contributed by atoms with Crippen LogP contribution in [0.1, 0.15) is 12.3 Å². The number of hydrogen-bond acceptors (Lipinski definition) is 8. The van der Waals surface area contributed by atoms with Crippen LogP contribution in [-0.4, -0.2) is 65.3 Å². The standard InChI is InChI=1S/C20H23N5O3/c1-2-18-17(20(23-14-22-18)28-16-3-9-26-13-16)11-15(1)25-7-5-24(6-8-25)12-19-21-4-10-27-19/h1-2,4,10-11,14,16H,3,5-9,12-13H2. The van der Waals surface area contributed by atoms with Crippen molar-refractivity contribution in [2.75, 3.05) is 44.3 Å². The Bertz CT molecular complexity index is 919. The molecule has 0 spiro atoms. The van der Waals surface area contributed by atoms with Gasteiger partial charge >= 0.3 is 0 Å². The van der Waals surface area contributed by atoms with Crippen molar-refractivity contribution in [2.45, 2.75) is 19.1 Å². The van der Waals surface area contributed by atoms with E-state index in [-0.39, 0.29) is 6.10 Å². The first-order valence-corrected chi connectivity index (χ1v) is 9.70. The summed E-state index contributed by atoms with van der Waals surface area (Å²) in [7, 11) is 0. The second kappa shape index (κ2) is 7.73. The van der Waals surface area contributed by atoms with E-state index in [2.05, 4.69) is 36.9 Å². The molecule has 0 amide bonds. The lowest BCUT2D eigenvalue weighted by Gasteiger charge is -2.35. The van der Waals surface area contributed by atoms with Crippen LogP contribution >= 0.6 is 0 Å². The van der Waals surface area contributed by atoms with Crippen LogP contribution < -0.4 is 9.64 Å². The molecule has 8 heteroatoms.